The molecule has 190 valence electrons. The van der Waals surface area contributed by atoms with Gasteiger partial charge in [0.15, 0.2) is 23.8 Å². The van der Waals surface area contributed by atoms with E-state index in [-0.39, 0.29) is 5.69 Å². The maximum Gasteiger partial charge on any atom is 0.335 e. The van der Waals surface area contributed by atoms with Gasteiger partial charge in [-0.15, -0.1) is 0 Å². The molecule has 2 heterocycles. The van der Waals surface area contributed by atoms with E-state index in [1.807, 2.05) is 6.07 Å². The lowest BCUT2D eigenvalue weighted by molar-refractivity contribution is -0.225. The van der Waals surface area contributed by atoms with Gasteiger partial charge in [0.1, 0.15) is 29.9 Å². The summed E-state index contributed by atoms with van der Waals surface area (Å²) in [6.45, 7) is 0. The molecule has 6 N–H and O–H groups in total. The number of benzene rings is 2. The summed E-state index contributed by atoms with van der Waals surface area (Å²) >= 11 is 0. The number of ether oxygens (including phenoxy) is 3. The molecule has 0 bridgehead atoms. The molecule has 0 spiro atoms. The molecule has 1 fully saturated rings. The van der Waals surface area contributed by atoms with E-state index in [1.165, 1.54) is 43.4 Å². The van der Waals surface area contributed by atoms with Gasteiger partial charge >= 0.3 is 5.97 Å². The molecule has 0 saturated carbocycles. The summed E-state index contributed by atoms with van der Waals surface area (Å²) < 4.78 is 30.6. The number of aromatic amines is 2. The monoisotopic (exact) mass is 501 g/mol. The lowest BCUT2D eigenvalue weighted by Gasteiger charge is -2.44. The average molecular weight is 501 g/mol. The molecule has 2 aromatic rings. The number of halogens is 1. The first kappa shape index (κ1) is 23.9. The van der Waals surface area contributed by atoms with Gasteiger partial charge in [0.05, 0.1) is 19.9 Å². The number of methoxy groups -OCH3 is 2. The number of anilines is 2. The molecule has 0 amide bonds. The molecule has 2 aliphatic heterocycles. The van der Waals surface area contributed by atoms with Crippen molar-refractivity contribution in [2.45, 2.75) is 30.6 Å². The van der Waals surface area contributed by atoms with Crippen LogP contribution in [0.2, 0.25) is 0 Å². The number of fused-ring (bicyclic) bond motifs is 3. The number of aromatic nitrogens is 2. The number of nitrogens with zero attached hydrogens (tertiary/aromatic N) is 1. The number of aliphatic hydroxyl groups is 3. The molecule has 0 radical (unpaired) electrons. The summed E-state index contributed by atoms with van der Waals surface area (Å²) in [4.78, 5) is 13.1. The zero-order valence-corrected chi connectivity index (χ0v) is 19.2. The maximum absolute atomic E-state index is 14.3. The molecule has 5 atom stereocenters. The standard InChI is InChI=1S/C24H24FN3O8/c1-34-15-7-10-6-14-17(13(10)9-16(15)35-2)26-27-22(14)28(12-5-3-4-11(25)8-12)23-20(31)18(29)19(30)21(36-23)24(32)33/h3-9,18-21,23,26-27,29-31H,1-2H3,(H,32,33)/t18-,19-,20+,21-,23+/m1/s1. The van der Waals surface area contributed by atoms with Crippen LogP contribution in [-0.4, -0.2) is 81.5 Å². The van der Waals surface area contributed by atoms with Crippen LogP contribution in [-0.2, 0) is 9.53 Å². The maximum atomic E-state index is 14.3. The zero-order chi connectivity index (χ0) is 25.7. The van der Waals surface area contributed by atoms with Crippen molar-refractivity contribution >= 4 is 28.2 Å². The molecular formula is C24H24FN3O8. The SMILES string of the molecule is COc1cc2cc3c(N(c4cccc(F)c4)[C@H]4O[C@@H](C(=O)O)[C@H](O)[C@@H](O)[C@@H]4O)[nH][nH]c-3c2cc1OC. The lowest BCUT2D eigenvalue weighted by Crippen LogP contribution is -2.63. The first-order valence-electron chi connectivity index (χ1n) is 11.0. The number of rotatable bonds is 6. The van der Waals surface area contributed by atoms with E-state index in [2.05, 4.69) is 10.2 Å². The predicted molar refractivity (Wildman–Crippen MR) is 125 cm³/mol. The quantitative estimate of drug-likeness (QED) is 0.231. The second-order valence-electron chi connectivity index (χ2n) is 8.43. The molecule has 11 nitrogen and oxygen atoms in total. The van der Waals surface area contributed by atoms with Gasteiger partial charge in [0.2, 0.25) is 0 Å². The van der Waals surface area contributed by atoms with Crippen LogP contribution >= 0.6 is 0 Å². The van der Waals surface area contributed by atoms with E-state index in [0.717, 1.165) is 10.8 Å². The van der Waals surface area contributed by atoms with Crippen molar-refractivity contribution in [2.24, 2.45) is 0 Å². The molecular weight excluding hydrogens is 477 g/mol. The van der Waals surface area contributed by atoms with Crippen LogP contribution in [0.25, 0.3) is 22.0 Å². The van der Waals surface area contributed by atoms with Crippen molar-refractivity contribution in [3.05, 3.63) is 48.3 Å². The third-order valence-electron chi connectivity index (χ3n) is 6.37. The Bertz CT molecular complexity index is 1390. The Balaban J connectivity index is 1.68. The van der Waals surface area contributed by atoms with Crippen LogP contribution in [0, 0.1) is 5.82 Å². The normalized spacial score (nSPS) is 24.2. The molecule has 3 aliphatic rings. The van der Waals surface area contributed by atoms with Gasteiger partial charge in [-0.05, 0) is 41.8 Å². The Kier molecular flexibility index (Phi) is 5.96. The van der Waals surface area contributed by atoms with Crippen molar-refractivity contribution in [3.8, 4) is 22.8 Å². The second-order valence-corrected chi connectivity index (χ2v) is 8.43. The van der Waals surface area contributed by atoms with Gasteiger partial charge in [-0.3, -0.25) is 15.1 Å². The molecule has 1 saturated heterocycles. The van der Waals surface area contributed by atoms with Gasteiger partial charge in [-0.25, -0.2) is 9.18 Å². The third kappa shape index (κ3) is 3.71. The van der Waals surface area contributed by atoms with Crippen molar-refractivity contribution < 1.29 is 43.8 Å². The number of hydrogen-bond donors (Lipinski definition) is 6. The van der Waals surface area contributed by atoms with Crippen LogP contribution in [0.15, 0.2) is 42.5 Å². The Morgan fingerprint density at radius 3 is 2.39 bits per heavy atom. The number of H-pyrrole nitrogens is 2. The summed E-state index contributed by atoms with van der Waals surface area (Å²) in [5.41, 5.74) is 1.43. The van der Waals surface area contributed by atoms with Gasteiger partial charge in [0, 0.05) is 16.6 Å². The Morgan fingerprint density at radius 1 is 1.00 bits per heavy atom. The highest BCUT2D eigenvalue weighted by atomic mass is 19.1. The van der Waals surface area contributed by atoms with E-state index in [9.17, 15) is 29.6 Å². The number of nitrogens with one attached hydrogen (secondary N) is 2. The third-order valence-corrected chi connectivity index (χ3v) is 6.37. The highest BCUT2D eigenvalue weighted by Gasteiger charge is 2.50. The second kappa shape index (κ2) is 8.99. The number of aliphatic carboxylic acids is 1. The van der Waals surface area contributed by atoms with Gasteiger partial charge < -0.3 is 34.6 Å². The Morgan fingerprint density at radius 2 is 1.72 bits per heavy atom. The minimum Gasteiger partial charge on any atom is -0.493 e. The van der Waals surface area contributed by atoms with Crippen LogP contribution in [0.3, 0.4) is 0 Å². The molecule has 5 rings (SSSR count). The fraction of sp³-hybridized carbons (Fsp3) is 0.292. The van der Waals surface area contributed by atoms with Crippen LogP contribution in [0.5, 0.6) is 11.5 Å². The predicted octanol–water partition coefficient (Wildman–Crippen LogP) is 1.79. The smallest absolute Gasteiger partial charge is 0.335 e. The van der Waals surface area contributed by atoms with E-state index in [0.29, 0.717) is 28.6 Å². The number of hydrogen-bond acceptors (Lipinski definition) is 8. The topological polar surface area (TPSA) is 160 Å². The summed E-state index contributed by atoms with van der Waals surface area (Å²) in [5.74, 6) is -0.812. The summed E-state index contributed by atoms with van der Waals surface area (Å²) in [5, 5.41) is 48.5. The summed E-state index contributed by atoms with van der Waals surface area (Å²) in [6, 6.07) is 10.8. The van der Waals surface area contributed by atoms with Gasteiger partial charge in [0.25, 0.3) is 0 Å². The number of carbonyl (C=O) groups is 1. The van der Waals surface area contributed by atoms with Crippen molar-refractivity contribution in [1.82, 2.24) is 10.2 Å². The fourth-order valence-corrected chi connectivity index (χ4v) is 4.61. The number of carboxylic acid groups (broad SMARTS) is 1. The summed E-state index contributed by atoms with van der Waals surface area (Å²) in [7, 11) is 3.03. The largest absolute Gasteiger partial charge is 0.493 e. The fourth-order valence-electron chi connectivity index (χ4n) is 4.61. The van der Waals surface area contributed by atoms with Crippen molar-refractivity contribution in [3.63, 3.8) is 0 Å². The number of aliphatic hydroxyl groups excluding tert-OH is 3. The van der Waals surface area contributed by atoms with E-state index in [1.54, 1.807) is 12.1 Å². The molecule has 1 aliphatic carbocycles. The lowest BCUT2D eigenvalue weighted by atomic mass is 9.97. The number of carboxylic acids is 1. The highest BCUT2D eigenvalue weighted by Crippen LogP contribution is 2.46. The van der Waals surface area contributed by atoms with Crippen molar-refractivity contribution in [1.29, 1.82) is 0 Å². The molecule has 0 aromatic heterocycles. The van der Waals surface area contributed by atoms with E-state index >= 15 is 0 Å². The molecule has 12 heteroatoms. The Labute approximate surface area is 203 Å². The first-order valence-corrected chi connectivity index (χ1v) is 11.0. The molecule has 36 heavy (non-hydrogen) atoms. The highest BCUT2D eigenvalue weighted by molar-refractivity contribution is 6.05. The van der Waals surface area contributed by atoms with E-state index in [4.69, 9.17) is 14.2 Å². The van der Waals surface area contributed by atoms with Gasteiger partial charge in [-0.2, -0.15) is 0 Å². The van der Waals surface area contributed by atoms with Crippen molar-refractivity contribution in [2.75, 3.05) is 19.1 Å². The van der Waals surface area contributed by atoms with Crippen LogP contribution < -0.4 is 14.4 Å². The summed E-state index contributed by atoms with van der Waals surface area (Å²) in [6.07, 6.45) is -8.82. The first-order chi connectivity index (χ1) is 17.2. The molecule has 0 unspecified atom stereocenters. The minimum atomic E-state index is -1.88. The van der Waals surface area contributed by atoms with Gasteiger partial charge in [-0.1, -0.05) is 6.07 Å². The average Bonchev–Trinajstić information content (AvgIpc) is 3.42. The Hall–Kier alpha value is -3.84. The van der Waals surface area contributed by atoms with E-state index < -0.39 is 42.4 Å². The minimum absolute atomic E-state index is 0.198. The van der Waals surface area contributed by atoms with Crippen LogP contribution in [0.1, 0.15) is 0 Å². The van der Waals surface area contributed by atoms with Crippen LogP contribution in [0.4, 0.5) is 15.9 Å². The molecule has 2 aromatic carbocycles. The zero-order valence-electron chi connectivity index (χ0n) is 19.2.